The van der Waals surface area contributed by atoms with Gasteiger partial charge < -0.3 is 14.1 Å². The van der Waals surface area contributed by atoms with Crippen LogP contribution in [0.25, 0.3) is 22.9 Å². The van der Waals surface area contributed by atoms with Gasteiger partial charge in [-0.3, -0.25) is 4.79 Å². The number of aromatic nitrogens is 2. The van der Waals surface area contributed by atoms with Crippen molar-refractivity contribution in [1.29, 1.82) is 0 Å². The smallest absolute Gasteiger partial charge is 0.253 e. The van der Waals surface area contributed by atoms with Gasteiger partial charge in [0, 0.05) is 35.8 Å². The molecule has 6 heteroatoms. The number of amides is 1. The zero-order chi connectivity index (χ0) is 20.9. The van der Waals surface area contributed by atoms with E-state index in [4.69, 9.17) is 9.15 Å². The van der Waals surface area contributed by atoms with Gasteiger partial charge in [-0.1, -0.05) is 36.4 Å². The predicted octanol–water partition coefficient (Wildman–Crippen LogP) is 4.68. The first-order valence-electron chi connectivity index (χ1n) is 9.52. The van der Waals surface area contributed by atoms with E-state index in [0.717, 1.165) is 22.4 Å². The number of nitrogens with zero attached hydrogens (tertiary/aromatic N) is 3. The van der Waals surface area contributed by atoms with E-state index in [1.165, 1.54) is 0 Å². The maximum atomic E-state index is 12.8. The molecule has 0 aliphatic rings. The Balaban J connectivity index is 1.48. The van der Waals surface area contributed by atoms with Crippen LogP contribution in [-0.4, -0.2) is 35.2 Å². The molecule has 0 aliphatic carbocycles. The third-order valence-corrected chi connectivity index (χ3v) is 4.77. The fourth-order valence-electron chi connectivity index (χ4n) is 3.17. The number of hydrogen-bond acceptors (Lipinski definition) is 5. The van der Waals surface area contributed by atoms with Crippen molar-refractivity contribution in [3.8, 4) is 28.7 Å². The molecule has 0 unspecified atom stereocenters. The molecule has 1 aromatic heterocycles. The minimum absolute atomic E-state index is 0.0806. The summed E-state index contributed by atoms with van der Waals surface area (Å²) in [5.41, 5.74) is 3.15. The van der Waals surface area contributed by atoms with Crippen LogP contribution in [0.4, 0.5) is 0 Å². The molecule has 0 fully saturated rings. The lowest BCUT2D eigenvalue weighted by Gasteiger charge is -2.19. The SMILES string of the molecule is COc1ccccc1CN(C)C(=O)c1ccc(-c2nnc(-c3ccccc3)o2)cc1. The Bertz CT molecular complexity index is 1140. The summed E-state index contributed by atoms with van der Waals surface area (Å²) in [5, 5.41) is 8.23. The molecule has 0 saturated heterocycles. The van der Waals surface area contributed by atoms with Gasteiger partial charge in [0.15, 0.2) is 0 Å². The number of hydrogen-bond donors (Lipinski definition) is 0. The molecule has 30 heavy (non-hydrogen) atoms. The number of ether oxygens (including phenoxy) is 1. The van der Waals surface area contributed by atoms with Gasteiger partial charge >= 0.3 is 0 Å². The van der Waals surface area contributed by atoms with Gasteiger partial charge in [-0.15, -0.1) is 10.2 Å². The molecule has 1 heterocycles. The van der Waals surface area contributed by atoms with Crippen LogP contribution < -0.4 is 4.74 Å². The van der Waals surface area contributed by atoms with Crippen LogP contribution in [0.5, 0.6) is 5.75 Å². The monoisotopic (exact) mass is 399 g/mol. The number of methoxy groups -OCH3 is 1. The minimum Gasteiger partial charge on any atom is -0.496 e. The highest BCUT2D eigenvalue weighted by Crippen LogP contribution is 2.24. The number of para-hydroxylation sites is 1. The quantitative estimate of drug-likeness (QED) is 0.471. The predicted molar refractivity (Wildman–Crippen MR) is 114 cm³/mol. The number of benzene rings is 3. The summed E-state index contributed by atoms with van der Waals surface area (Å²) in [5.74, 6) is 1.55. The van der Waals surface area contributed by atoms with Gasteiger partial charge in [-0.05, 0) is 42.5 Å². The fourth-order valence-corrected chi connectivity index (χ4v) is 3.17. The molecule has 0 spiro atoms. The van der Waals surface area contributed by atoms with Crippen LogP contribution in [0.2, 0.25) is 0 Å². The summed E-state index contributed by atoms with van der Waals surface area (Å²) in [4.78, 5) is 14.5. The third-order valence-electron chi connectivity index (χ3n) is 4.77. The lowest BCUT2D eigenvalue weighted by molar-refractivity contribution is 0.0784. The van der Waals surface area contributed by atoms with E-state index in [1.54, 1.807) is 31.2 Å². The minimum atomic E-state index is -0.0806. The van der Waals surface area contributed by atoms with Gasteiger partial charge in [-0.25, -0.2) is 0 Å². The summed E-state index contributed by atoms with van der Waals surface area (Å²) < 4.78 is 11.1. The van der Waals surface area contributed by atoms with Crippen LogP contribution >= 0.6 is 0 Å². The second kappa shape index (κ2) is 8.61. The van der Waals surface area contributed by atoms with E-state index >= 15 is 0 Å². The van der Waals surface area contributed by atoms with Crippen molar-refractivity contribution < 1.29 is 13.9 Å². The van der Waals surface area contributed by atoms with E-state index in [9.17, 15) is 4.79 Å². The van der Waals surface area contributed by atoms with Crippen LogP contribution in [0, 0.1) is 0 Å². The maximum Gasteiger partial charge on any atom is 0.253 e. The standard InChI is InChI=1S/C24H21N3O3/c1-27(16-20-10-6-7-11-21(20)29-2)24(28)19-14-12-18(13-15-19)23-26-25-22(30-23)17-8-4-3-5-9-17/h3-15H,16H2,1-2H3. The zero-order valence-electron chi connectivity index (χ0n) is 16.8. The topological polar surface area (TPSA) is 68.5 Å². The first-order valence-corrected chi connectivity index (χ1v) is 9.52. The van der Waals surface area contributed by atoms with Gasteiger partial charge in [0.2, 0.25) is 11.8 Å². The second-order valence-corrected chi connectivity index (χ2v) is 6.83. The van der Waals surface area contributed by atoms with E-state index < -0.39 is 0 Å². The Morgan fingerprint density at radius 1 is 0.867 bits per heavy atom. The zero-order valence-corrected chi connectivity index (χ0v) is 16.8. The Morgan fingerprint density at radius 2 is 1.47 bits per heavy atom. The Hall–Kier alpha value is -3.93. The van der Waals surface area contributed by atoms with Crippen molar-refractivity contribution in [2.24, 2.45) is 0 Å². The number of rotatable bonds is 6. The third kappa shape index (κ3) is 4.07. The molecule has 0 N–H and O–H groups in total. The fraction of sp³-hybridized carbons (Fsp3) is 0.125. The van der Waals surface area contributed by atoms with Crippen LogP contribution in [0.1, 0.15) is 15.9 Å². The van der Waals surface area contributed by atoms with Crippen LogP contribution in [0.3, 0.4) is 0 Å². The normalized spacial score (nSPS) is 10.6. The molecule has 150 valence electrons. The molecule has 4 rings (SSSR count). The second-order valence-electron chi connectivity index (χ2n) is 6.83. The largest absolute Gasteiger partial charge is 0.496 e. The van der Waals surface area contributed by atoms with Crippen LogP contribution in [0.15, 0.2) is 83.3 Å². The molecular weight excluding hydrogens is 378 g/mol. The number of carbonyl (C=O) groups excluding carboxylic acids is 1. The summed E-state index contributed by atoms with van der Waals surface area (Å²) in [6.45, 7) is 0.453. The number of carbonyl (C=O) groups is 1. The molecule has 0 atom stereocenters. The first-order chi connectivity index (χ1) is 14.7. The molecule has 0 saturated carbocycles. The van der Waals surface area contributed by atoms with E-state index in [0.29, 0.717) is 23.9 Å². The average Bonchev–Trinajstić information content (AvgIpc) is 3.30. The summed E-state index contributed by atoms with van der Waals surface area (Å²) in [7, 11) is 3.40. The van der Waals surface area contributed by atoms with Crippen molar-refractivity contribution in [1.82, 2.24) is 15.1 Å². The highest BCUT2D eigenvalue weighted by Gasteiger charge is 2.15. The van der Waals surface area contributed by atoms with Crippen molar-refractivity contribution in [2.75, 3.05) is 14.2 Å². The molecule has 0 radical (unpaired) electrons. The molecule has 1 amide bonds. The molecule has 0 aliphatic heterocycles. The van der Waals surface area contributed by atoms with Gasteiger partial charge in [0.25, 0.3) is 5.91 Å². The lowest BCUT2D eigenvalue weighted by Crippen LogP contribution is -2.26. The highest BCUT2D eigenvalue weighted by molar-refractivity contribution is 5.94. The summed E-state index contributed by atoms with van der Waals surface area (Å²) in [6, 6.07) is 24.4. The Labute approximate surface area is 174 Å². The van der Waals surface area contributed by atoms with Gasteiger partial charge in [0.05, 0.1) is 7.11 Å². The molecule has 6 nitrogen and oxygen atoms in total. The van der Waals surface area contributed by atoms with E-state index in [1.807, 2.05) is 66.7 Å². The molecule has 3 aromatic carbocycles. The lowest BCUT2D eigenvalue weighted by atomic mass is 10.1. The van der Waals surface area contributed by atoms with E-state index in [2.05, 4.69) is 10.2 Å². The maximum absolute atomic E-state index is 12.8. The van der Waals surface area contributed by atoms with Crippen molar-refractivity contribution in [2.45, 2.75) is 6.54 Å². The molecular formula is C24H21N3O3. The van der Waals surface area contributed by atoms with Crippen molar-refractivity contribution in [3.05, 3.63) is 90.0 Å². The Morgan fingerprint density at radius 3 is 2.13 bits per heavy atom. The van der Waals surface area contributed by atoms with Crippen molar-refractivity contribution in [3.63, 3.8) is 0 Å². The highest BCUT2D eigenvalue weighted by atomic mass is 16.5. The van der Waals surface area contributed by atoms with Gasteiger partial charge in [0.1, 0.15) is 5.75 Å². The average molecular weight is 399 g/mol. The molecule has 4 aromatic rings. The van der Waals surface area contributed by atoms with Gasteiger partial charge in [-0.2, -0.15) is 0 Å². The first kappa shape index (κ1) is 19.4. The molecule has 0 bridgehead atoms. The Kier molecular flexibility index (Phi) is 5.57. The summed E-state index contributed by atoms with van der Waals surface area (Å²) in [6.07, 6.45) is 0. The van der Waals surface area contributed by atoms with Crippen molar-refractivity contribution >= 4 is 5.91 Å². The summed E-state index contributed by atoms with van der Waals surface area (Å²) >= 11 is 0. The van der Waals surface area contributed by atoms with Crippen LogP contribution in [-0.2, 0) is 6.54 Å². The van der Waals surface area contributed by atoms with E-state index in [-0.39, 0.29) is 5.91 Å².